The van der Waals surface area contributed by atoms with Gasteiger partial charge in [0.2, 0.25) is 0 Å². The van der Waals surface area contributed by atoms with Crippen LogP contribution in [0.5, 0.6) is 0 Å². The number of fused-ring (bicyclic) bond motifs is 1. The van der Waals surface area contributed by atoms with Gasteiger partial charge in [0.1, 0.15) is 0 Å². The first-order valence-corrected chi connectivity index (χ1v) is 4.60. The van der Waals surface area contributed by atoms with Crippen LogP contribution < -0.4 is 5.32 Å². The smallest absolute Gasteiger partial charge is 0.285 e. The van der Waals surface area contributed by atoms with Gasteiger partial charge >= 0.3 is 0 Å². The van der Waals surface area contributed by atoms with Crippen LogP contribution in [0.3, 0.4) is 0 Å². The average molecular weight is 206 g/mol. The minimum Gasteiger partial charge on any atom is -0.385 e. The lowest BCUT2D eigenvalue weighted by molar-refractivity contribution is -0.0327. The van der Waals surface area contributed by atoms with Crippen LogP contribution in [0.2, 0.25) is 0 Å². The maximum atomic E-state index is 11.4. The number of amides is 2. The number of hydrogen-bond donors (Lipinski definition) is 2. The minimum absolute atomic E-state index is 0.139. The normalized spacial score (nSPS) is 14.4. The fraction of sp³-hybridized carbons (Fsp3) is 0.200. The summed E-state index contributed by atoms with van der Waals surface area (Å²) in [6, 6.07) is 4.80. The summed E-state index contributed by atoms with van der Waals surface area (Å²) in [5.74, 6) is -1.34. The summed E-state index contributed by atoms with van der Waals surface area (Å²) in [5, 5.41) is 12.3. The molecule has 1 aliphatic rings. The zero-order valence-electron chi connectivity index (χ0n) is 8.15. The number of anilines is 1. The van der Waals surface area contributed by atoms with E-state index in [-0.39, 0.29) is 16.2 Å². The summed E-state index contributed by atoms with van der Waals surface area (Å²) in [4.78, 5) is 22.7. The van der Waals surface area contributed by atoms with Crippen LogP contribution in [0.4, 0.5) is 5.69 Å². The molecule has 1 heterocycles. The second kappa shape index (κ2) is 3.36. The van der Waals surface area contributed by atoms with Gasteiger partial charge in [-0.2, -0.15) is 0 Å². The highest BCUT2D eigenvalue weighted by Crippen LogP contribution is 2.24. The van der Waals surface area contributed by atoms with Crippen LogP contribution in [0, 0.1) is 0 Å². The van der Waals surface area contributed by atoms with Crippen LogP contribution in [0.1, 0.15) is 27.6 Å². The van der Waals surface area contributed by atoms with Gasteiger partial charge in [0.15, 0.2) is 0 Å². The number of nitrogens with one attached hydrogen (secondary N) is 1. The van der Waals surface area contributed by atoms with E-state index in [0.717, 1.165) is 12.2 Å². The molecule has 0 radical (unpaired) electrons. The van der Waals surface area contributed by atoms with Gasteiger partial charge in [-0.05, 0) is 25.1 Å². The van der Waals surface area contributed by atoms with Gasteiger partial charge in [0.05, 0.1) is 11.1 Å². The fourth-order valence-electron chi connectivity index (χ4n) is 1.54. The molecule has 0 saturated heterocycles. The van der Waals surface area contributed by atoms with Crippen LogP contribution in [-0.4, -0.2) is 28.6 Å². The molecule has 2 rings (SSSR count). The molecule has 0 aliphatic carbocycles. The Hall–Kier alpha value is -1.88. The molecule has 0 fully saturated rings. The van der Waals surface area contributed by atoms with Crippen molar-refractivity contribution in [2.24, 2.45) is 0 Å². The second-order valence-electron chi connectivity index (χ2n) is 3.21. The molecular formula is C10H10N2O3. The third-order valence-corrected chi connectivity index (χ3v) is 2.25. The highest BCUT2D eigenvalue weighted by Gasteiger charge is 2.34. The van der Waals surface area contributed by atoms with E-state index in [9.17, 15) is 9.59 Å². The van der Waals surface area contributed by atoms with E-state index in [0.29, 0.717) is 0 Å². The highest BCUT2D eigenvalue weighted by molar-refractivity contribution is 6.20. The number of rotatable bonds is 2. The number of hydroxylamine groups is 2. The van der Waals surface area contributed by atoms with Crippen molar-refractivity contribution >= 4 is 17.5 Å². The molecule has 0 aromatic heterocycles. The predicted molar refractivity (Wildman–Crippen MR) is 52.9 cm³/mol. The van der Waals surface area contributed by atoms with Crippen molar-refractivity contribution in [3.8, 4) is 0 Å². The van der Waals surface area contributed by atoms with Crippen molar-refractivity contribution < 1.29 is 14.8 Å². The van der Waals surface area contributed by atoms with Gasteiger partial charge in [-0.3, -0.25) is 14.8 Å². The molecule has 0 bridgehead atoms. The second-order valence-corrected chi connectivity index (χ2v) is 3.21. The Balaban J connectivity index is 2.47. The molecule has 5 nitrogen and oxygen atoms in total. The molecule has 2 N–H and O–H groups in total. The fourth-order valence-corrected chi connectivity index (χ4v) is 1.54. The molecule has 0 unspecified atom stereocenters. The van der Waals surface area contributed by atoms with E-state index in [2.05, 4.69) is 5.32 Å². The molecule has 1 aliphatic heterocycles. The zero-order valence-corrected chi connectivity index (χ0v) is 8.15. The molecule has 15 heavy (non-hydrogen) atoms. The van der Waals surface area contributed by atoms with Crippen molar-refractivity contribution in [1.29, 1.82) is 0 Å². The molecule has 0 saturated carbocycles. The minimum atomic E-state index is -0.672. The van der Waals surface area contributed by atoms with E-state index in [1.54, 1.807) is 12.1 Å². The summed E-state index contributed by atoms with van der Waals surface area (Å²) in [7, 11) is 0. The quantitative estimate of drug-likeness (QED) is 0.561. The van der Waals surface area contributed by atoms with Gasteiger partial charge in [-0.1, -0.05) is 0 Å². The first-order chi connectivity index (χ1) is 7.15. The third kappa shape index (κ3) is 1.37. The zero-order chi connectivity index (χ0) is 11.0. The van der Waals surface area contributed by atoms with E-state index in [1.165, 1.54) is 6.07 Å². The van der Waals surface area contributed by atoms with Gasteiger partial charge in [-0.25, -0.2) is 0 Å². The molecule has 78 valence electrons. The number of nitrogens with zero attached hydrogens (tertiary/aromatic N) is 1. The van der Waals surface area contributed by atoms with Crippen LogP contribution in [0.25, 0.3) is 0 Å². The molecule has 2 amide bonds. The summed E-state index contributed by atoms with van der Waals surface area (Å²) in [6.45, 7) is 2.66. The number of hydrogen-bond acceptors (Lipinski definition) is 4. The number of benzene rings is 1. The van der Waals surface area contributed by atoms with Crippen molar-refractivity contribution in [3.05, 3.63) is 29.3 Å². The number of imide groups is 1. The van der Waals surface area contributed by atoms with Gasteiger partial charge < -0.3 is 5.32 Å². The predicted octanol–water partition coefficient (Wildman–Crippen LogP) is 1.10. The Labute approximate surface area is 86.3 Å². The molecule has 1 aromatic rings. The lowest BCUT2D eigenvalue weighted by Gasteiger charge is -2.03. The first kappa shape index (κ1) is 9.67. The van der Waals surface area contributed by atoms with Gasteiger partial charge in [0.25, 0.3) is 11.8 Å². The van der Waals surface area contributed by atoms with Crippen LogP contribution in [-0.2, 0) is 0 Å². The Morgan fingerprint density at radius 1 is 1.27 bits per heavy atom. The van der Waals surface area contributed by atoms with Crippen molar-refractivity contribution in [1.82, 2.24) is 5.06 Å². The first-order valence-electron chi connectivity index (χ1n) is 4.60. The van der Waals surface area contributed by atoms with Gasteiger partial charge in [-0.15, -0.1) is 5.06 Å². The lowest BCUT2D eigenvalue weighted by Crippen LogP contribution is -2.25. The van der Waals surface area contributed by atoms with Crippen molar-refractivity contribution in [3.63, 3.8) is 0 Å². The van der Waals surface area contributed by atoms with E-state index < -0.39 is 11.8 Å². The largest absolute Gasteiger partial charge is 0.385 e. The summed E-state index contributed by atoms with van der Waals surface area (Å²) >= 11 is 0. The monoisotopic (exact) mass is 206 g/mol. The summed E-state index contributed by atoms with van der Waals surface area (Å²) in [5.41, 5.74) is 1.23. The van der Waals surface area contributed by atoms with Gasteiger partial charge in [0, 0.05) is 12.2 Å². The molecule has 0 spiro atoms. The Morgan fingerprint density at radius 2 is 1.93 bits per heavy atom. The Bertz CT molecular complexity index is 442. The lowest BCUT2D eigenvalue weighted by atomic mass is 10.1. The average Bonchev–Trinajstić information content (AvgIpc) is 2.45. The molecule has 5 heteroatoms. The maximum Gasteiger partial charge on any atom is 0.285 e. The summed E-state index contributed by atoms with van der Waals surface area (Å²) < 4.78 is 0. The highest BCUT2D eigenvalue weighted by atomic mass is 16.5. The van der Waals surface area contributed by atoms with Crippen molar-refractivity contribution in [2.45, 2.75) is 6.92 Å². The summed E-state index contributed by atoms with van der Waals surface area (Å²) in [6.07, 6.45) is 0. The molecule has 1 aromatic carbocycles. The van der Waals surface area contributed by atoms with Crippen LogP contribution >= 0.6 is 0 Å². The Morgan fingerprint density at radius 3 is 2.60 bits per heavy atom. The van der Waals surface area contributed by atoms with E-state index in [4.69, 9.17) is 5.21 Å². The van der Waals surface area contributed by atoms with E-state index in [1.807, 2.05) is 6.92 Å². The Kier molecular flexibility index (Phi) is 2.17. The SMILES string of the molecule is CCNc1ccc2c(c1)C(=O)N(O)C2=O. The van der Waals surface area contributed by atoms with E-state index >= 15 is 0 Å². The third-order valence-electron chi connectivity index (χ3n) is 2.25. The van der Waals surface area contributed by atoms with Crippen molar-refractivity contribution in [2.75, 3.05) is 11.9 Å². The standard InChI is InChI=1S/C10H10N2O3/c1-2-11-6-3-4-7-8(5-6)10(14)12(15)9(7)13/h3-5,11,15H,2H2,1H3. The number of carbonyl (C=O) groups excluding carboxylic acids is 2. The topological polar surface area (TPSA) is 69.6 Å². The molecule has 0 atom stereocenters. The number of carbonyl (C=O) groups is 2. The van der Waals surface area contributed by atoms with Crippen LogP contribution in [0.15, 0.2) is 18.2 Å². The maximum absolute atomic E-state index is 11.4. The molecular weight excluding hydrogens is 196 g/mol.